The number of nitrogens with zero attached hydrogens (tertiary/aromatic N) is 1. The summed E-state index contributed by atoms with van der Waals surface area (Å²) in [5, 5.41) is 3.54. The van der Waals surface area contributed by atoms with Crippen molar-refractivity contribution in [3.05, 3.63) is 83.6 Å². The smallest absolute Gasteiger partial charge is 0.135 e. The zero-order chi connectivity index (χ0) is 28.5. The molecule has 0 fully saturated rings. The monoisotopic (exact) mass is 516 g/mol. The van der Waals surface area contributed by atoms with Crippen LogP contribution in [0.15, 0.2) is 77.5 Å². The molecule has 1 rings (SSSR count). The molecule has 2 atom stereocenters. The first-order chi connectivity index (χ1) is 18.2. The number of unbranched alkanes of at least 4 members (excludes halogenated alkanes) is 1. The number of halogens is 1. The third-order valence-corrected chi connectivity index (χ3v) is 6.73. The van der Waals surface area contributed by atoms with Crippen LogP contribution in [0.2, 0.25) is 0 Å². The number of aliphatic imine (C=N–C) groups is 1. The zero-order valence-electron chi connectivity index (χ0n) is 24.7. The molecule has 0 aliphatic carbocycles. The lowest BCUT2D eigenvalue weighted by Crippen LogP contribution is -2.25. The molecule has 2 nitrogen and oxygen atoms in total. The standard InChI is InChI=1S/C35H49FN2/c1-10-15-19-27(8)33-23-22-31(25-30(33)13-4)38-34(26(6)7)21-18-17-20-29(12-3)32(14-5)35(28(9)36)37-24-16-11-2/h2,12,17-18,21-23,25,28,32,38H,6,8,10,13-16,19-20,24H2,1,3-5,7,9H3/b18-17-,29-12+,34-21+,37-35?. The molecule has 0 saturated carbocycles. The number of terminal acetylenes is 1. The SMILES string of the molecule is C#CCCN=C(C(C)F)C(CC)/C(=C/C)C/C=C\C=C(\Nc1ccc(C(=C)CCCC)c(CC)c1)C(=C)C. The number of allylic oxidation sites excluding steroid dienone is 7. The van der Waals surface area contributed by atoms with Gasteiger partial charge in [0.15, 0.2) is 0 Å². The van der Waals surface area contributed by atoms with Gasteiger partial charge in [0.25, 0.3) is 0 Å². The van der Waals surface area contributed by atoms with Gasteiger partial charge in [-0.15, -0.1) is 12.3 Å². The summed E-state index contributed by atoms with van der Waals surface area (Å²) >= 11 is 0. The van der Waals surface area contributed by atoms with E-state index in [1.165, 1.54) is 23.1 Å². The molecule has 3 heteroatoms. The normalized spacial score (nSPS) is 14.3. The Balaban J connectivity index is 3.05. The summed E-state index contributed by atoms with van der Waals surface area (Å²) in [5.74, 6) is 2.56. The van der Waals surface area contributed by atoms with Crippen molar-refractivity contribution in [3.8, 4) is 12.3 Å². The predicted molar refractivity (Wildman–Crippen MR) is 169 cm³/mol. The van der Waals surface area contributed by atoms with E-state index < -0.39 is 6.17 Å². The minimum absolute atomic E-state index is 0.0248. The van der Waals surface area contributed by atoms with E-state index in [-0.39, 0.29) is 5.92 Å². The van der Waals surface area contributed by atoms with Crippen molar-refractivity contribution in [1.82, 2.24) is 0 Å². The number of alkyl halides is 1. The molecule has 206 valence electrons. The fourth-order valence-corrected chi connectivity index (χ4v) is 4.53. The van der Waals surface area contributed by atoms with Gasteiger partial charge in [0.2, 0.25) is 0 Å². The number of benzene rings is 1. The summed E-state index contributed by atoms with van der Waals surface area (Å²) in [6, 6.07) is 6.52. The van der Waals surface area contributed by atoms with Crippen LogP contribution in [0.5, 0.6) is 0 Å². The molecule has 2 unspecified atom stereocenters. The molecule has 1 aromatic rings. The minimum Gasteiger partial charge on any atom is -0.355 e. The largest absolute Gasteiger partial charge is 0.355 e. The summed E-state index contributed by atoms with van der Waals surface area (Å²) in [5.41, 5.74) is 8.50. The van der Waals surface area contributed by atoms with Gasteiger partial charge in [0.1, 0.15) is 6.17 Å². The number of aryl methyl sites for hydroxylation is 1. The Bertz CT molecular complexity index is 1080. The van der Waals surface area contributed by atoms with E-state index >= 15 is 0 Å². The Morgan fingerprint density at radius 1 is 1.24 bits per heavy atom. The van der Waals surface area contributed by atoms with Gasteiger partial charge in [-0.3, -0.25) is 4.99 Å². The molecular weight excluding hydrogens is 467 g/mol. The van der Waals surface area contributed by atoms with Crippen molar-refractivity contribution in [2.24, 2.45) is 10.9 Å². The van der Waals surface area contributed by atoms with Crippen molar-refractivity contribution in [2.45, 2.75) is 92.7 Å². The van der Waals surface area contributed by atoms with E-state index in [2.05, 4.69) is 86.6 Å². The second kappa shape index (κ2) is 18.2. The lowest BCUT2D eigenvalue weighted by molar-refractivity contribution is 0.438. The molecular formula is C35H49FN2. The van der Waals surface area contributed by atoms with Crippen LogP contribution < -0.4 is 5.32 Å². The Kier molecular flexibility index (Phi) is 15.7. The molecule has 0 spiro atoms. The first kappa shape index (κ1) is 32.9. The minimum atomic E-state index is -1.10. The van der Waals surface area contributed by atoms with Crippen LogP contribution in [-0.4, -0.2) is 18.4 Å². The number of hydrogen-bond donors (Lipinski definition) is 1. The predicted octanol–water partition coefficient (Wildman–Crippen LogP) is 10.1. The Morgan fingerprint density at radius 2 is 1.97 bits per heavy atom. The van der Waals surface area contributed by atoms with E-state index in [0.717, 1.165) is 54.6 Å². The van der Waals surface area contributed by atoms with Gasteiger partial charge in [0, 0.05) is 30.3 Å². The van der Waals surface area contributed by atoms with Gasteiger partial charge in [-0.25, -0.2) is 4.39 Å². The first-order valence-corrected chi connectivity index (χ1v) is 14.1. The number of rotatable bonds is 17. The third kappa shape index (κ3) is 10.7. The van der Waals surface area contributed by atoms with Crippen LogP contribution in [0, 0.1) is 18.3 Å². The van der Waals surface area contributed by atoms with Crippen LogP contribution >= 0.6 is 0 Å². The topological polar surface area (TPSA) is 24.4 Å². The molecule has 0 aliphatic rings. The molecule has 0 amide bonds. The summed E-state index contributed by atoms with van der Waals surface area (Å²) in [4.78, 5) is 4.52. The number of hydrogen-bond acceptors (Lipinski definition) is 2. The third-order valence-electron chi connectivity index (χ3n) is 6.73. The van der Waals surface area contributed by atoms with Crippen molar-refractivity contribution in [2.75, 3.05) is 11.9 Å². The van der Waals surface area contributed by atoms with Crippen molar-refractivity contribution < 1.29 is 4.39 Å². The van der Waals surface area contributed by atoms with Crippen LogP contribution in [0.1, 0.15) is 91.2 Å². The maximum Gasteiger partial charge on any atom is 0.135 e. The Labute approximate surface area is 232 Å². The maximum atomic E-state index is 14.4. The maximum absolute atomic E-state index is 14.4. The number of nitrogens with one attached hydrogen (secondary N) is 1. The second-order valence-corrected chi connectivity index (χ2v) is 9.75. The van der Waals surface area contributed by atoms with E-state index in [4.69, 9.17) is 6.42 Å². The quantitative estimate of drug-likeness (QED) is 0.0719. The molecule has 1 aromatic carbocycles. The second-order valence-electron chi connectivity index (χ2n) is 9.75. The summed E-state index contributed by atoms with van der Waals surface area (Å²) in [7, 11) is 0. The number of anilines is 1. The molecule has 0 heterocycles. The molecule has 0 radical (unpaired) electrons. The average Bonchev–Trinajstić information content (AvgIpc) is 2.90. The highest BCUT2D eigenvalue weighted by atomic mass is 19.1. The molecule has 38 heavy (non-hydrogen) atoms. The first-order valence-electron chi connectivity index (χ1n) is 14.1. The van der Waals surface area contributed by atoms with Gasteiger partial charge < -0.3 is 5.32 Å². The van der Waals surface area contributed by atoms with Gasteiger partial charge in [0.05, 0.1) is 5.71 Å². The van der Waals surface area contributed by atoms with Crippen molar-refractivity contribution >= 4 is 17.0 Å². The fourth-order valence-electron chi connectivity index (χ4n) is 4.53. The van der Waals surface area contributed by atoms with Crippen molar-refractivity contribution in [3.63, 3.8) is 0 Å². The highest BCUT2D eigenvalue weighted by Crippen LogP contribution is 2.27. The van der Waals surface area contributed by atoms with Crippen LogP contribution in [0.4, 0.5) is 10.1 Å². The highest BCUT2D eigenvalue weighted by Gasteiger charge is 2.22. The highest BCUT2D eigenvalue weighted by molar-refractivity contribution is 5.92. The van der Waals surface area contributed by atoms with E-state index in [1.54, 1.807) is 6.92 Å². The summed E-state index contributed by atoms with van der Waals surface area (Å²) in [6.45, 7) is 21.0. The van der Waals surface area contributed by atoms with Crippen molar-refractivity contribution in [1.29, 1.82) is 0 Å². The van der Waals surface area contributed by atoms with Crippen LogP contribution in [-0.2, 0) is 6.42 Å². The van der Waals surface area contributed by atoms with Gasteiger partial charge in [-0.2, -0.15) is 0 Å². The van der Waals surface area contributed by atoms with E-state index in [0.29, 0.717) is 18.7 Å². The molecule has 0 saturated heterocycles. The van der Waals surface area contributed by atoms with Gasteiger partial charge in [-0.1, -0.05) is 70.2 Å². The Morgan fingerprint density at radius 3 is 2.53 bits per heavy atom. The molecule has 1 N–H and O–H groups in total. The average molecular weight is 517 g/mol. The van der Waals surface area contributed by atoms with Gasteiger partial charge in [-0.05, 0) is 93.4 Å². The van der Waals surface area contributed by atoms with Crippen LogP contribution in [0.25, 0.3) is 5.57 Å². The fraction of sp³-hybridized carbons (Fsp3) is 0.457. The Hall–Kier alpha value is -3.12. The summed E-state index contributed by atoms with van der Waals surface area (Å²) in [6.07, 6.45) is 18.9. The zero-order valence-corrected chi connectivity index (χ0v) is 24.7. The molecule has 0 aliphatic heterocycles. The van der Waals surface area contributed by atoms with Gasteiger partial charge >= 0.3 is 0 Å². The van der Waals surface area contributed by atoms with Crippen LogP contribution in [0.3, 0.4) is 0 Å². The molecule has 0 bridgehead atoms. The summed E-state index contributed by atoms with van der Waals surface area (Å²) < 4.78 is 14.4. The van der Waals surface area contributed by atoms with E-state index in [9.17, 15) is 4.39 Å². The van der Waals surface area contributed by atoms with E-state index in [1.807, 2.05) is 19.9 Å². The lowest BCUT2D eigenvalue weighted by Gasteiger charge is -2.22. The molecule has 0 aromatic heterocycles. The lowest BCUT2D eigenvalue weighted by atomic mass is 9.87.